The van der Waals surface area contributed by atoms with Crippen LogP contribution in [0.1, 0.15) is 12.0 Å². The van der Waals surface area contributed by atoms with Crippen molar-refractivity contribution < 1.29 is 0 Å². The van der Waals surface area contributed by atoms with E-state index in [9.17, 15) is 0 Å². The third-order valence-corrected chi connectivity index (χ3v) is 3.99. The van der Waals surface area contributed by atoms with E-state index in [1.54, 1.807) is 0 Å². The number of nitrogens with one attached hydrogen (secondary N) is 1. The molecule has 0 fully saturated rings. The average Bonchev–Trinajstić information content (AvgIpc) is 2.46. The summed E-state index contributed by atoms with van der Waals surface area (Å²) in [7, 11) is 0. The average molecular weight is 303 g/mol. The Balaban J connectivity index is 1.82. The van der Waals surface area contributed by atoms with Gasteiger partial charge in [0, 0.05) is 22.9 Å². The topological polar surface area (TPSA) is 15.3 Å². The summed E-state index contributed by atoms with van der Waals surface area (Å²) < 4.78 is 0. The molecule has 0 spiro atoms. The smallest absolute Gasteiger partial charge is 0.177 e. The van der Waals surface area contributed by atoms with Crippen LogP contribution < -0.4 is 10.2 Å². The van der Waals surface area contributed by atoms with Gasteiger partial charge < -0.3 is 10.2 Å². The molecule has 4 heteroatoms. The largest absolute Gasteiger partial charge is 0.332 e. The number of halogens is 1. The molecule has 1 aliphatic heterocycles. The van der Waals surface area contributed by atoms with Crippen LogP contribution in [0.2, 0.25) is 5.02 Å². The van der Waals surface area contributed by atoms with Crippen LogP contribution in [0.5, 0.6) is 0 Å². The van der Waals surface area contributed by atoms with Gasteiger partial charge in [0.15, 0.2) is 5.11 Å². The molecule has 0 radical (unpaired) electrons. The maximum atomic E-state index is 6.00. The Morgan fingerprint density at radius 3 is 2.85 bits per heavy atom. The molecule has 0 aromatic heterocycles. The number of thiocarbonyl (C=S) groups is 1. The van der Waals surface area contributed by atoms with E-state index in [0.717, 1.165) is 30.2 Å². The van der Waals surface area contributed by atoms with Crippen molar-refractivity contribution in [1.29, 1.82) is 0 Å². The summed E-state index contributed by atoms with van der Waals surface area (Å²) in [6, 6.07) is 16.0. The zero-order valence-electron chi connectivity index (χ0n) is 11.0. The second-order valence-corrected chi connectivity index (χ2v) is 5.65. The number of benzene rings is 2. The number of fused-ring (bicyclic) bond motifs is 1. The fourth-order valence-electron chi connectivity index (χ4n) is 2.50. The van der Waals surface area contributed by atoms with Crippen LogP contribution in [-0.4, -0.2) is 11.7 Å². The minimum Gasteiger partial charge on any atom is -0.332 e. The maximum Gasteiger partial charge on any atom is 0.177 e. The zero-order valence-corrected chi connectivity index (χ0v) is 12.5. The van der Waals surface area contributed by atoms with Crippen LogP contribution in [0.4, 0.5) is 11.4 Å². The number of hydrogen-bond donors (Lipinski definition) is 1. The van der Waals surface area contributed by atoms with Crippen molar-refractivity contribution in [3.8, 4) is 0 Å². The monoisotopic (exact) mass is 302 g/mol. The Kier molecular flexibility index (Phi) is 3.90. The molecule has 1 heterocycles. The highest BCUT2D eigenvalue weighted by atomic mass is 35.5. The Bertz CT molecular complexity index is 642. The molecule has 20 heavy (non-hydrogen) atoms. The highest BCUT2D eigenvalue weighted by Gasteiger charge is 2.19. The molecule has 2 aromatic carbocycles. The van der Waals surface area contributed by atoms with E-state index in [-0.39, 0.29) is 0 Å². The molecular formula is C16H15ClN2S. The van der Waals surface area contributed by atoms with Crippen LogP contribution >= 0.6 is 23.8 Å². The Labute approximate surface area is 129 Å². The van der Waals surface area contributed by atoms with Gasteiger partial charge in [0.1, 0.15) is 0 Å². The van der Waals surface area contributed by atoms with Crippen LogP contribution in [0, 0.1) is 0 Å². The van der Waals surface area contributed by atoms with Gasteiger partial charge in [0.2, 0.25) is 0 Å². The van der Waals surface area contributed by atoms with Crippen LogP contribution in [-0.2, 0) is 6.42 Å². The first-order valence-electron chi connectivity index (χ1n) is 6.66. The highest BCUT2D eigenvalue weighted by molar-refractivity contribution is 7.80. The third-order valence-electron chi connectivity index (χ3n) is 3.43. The fourth-order valence-corrected chi connectivity index (χ4v) is 3.00. The van der Waals surface area contributed by atoms with E-state index in [2.05, 4.69) is 34.5 Å². The lowest BCUT2D eigenvalue weighted by molar-refractivity contribution is 0.781. The Morgan fingerprint density at radius 1 is 1.15 bits per heavy atom. The molecule has 0 atom stereocenters. The van der Waals surface area contributed by atoms with Crippen molar-refractivity contribution in [3.05, 3.63) is 59.1 Å². The number of rotatable bonds is 1. The van der Waals surface area contributed by atoms with Gasteiger partial charge in [0.25, 0.3) is 0 Å². The van der Waals surface area contributed by atoms with Crippen LogP contribution in [0.3, 0.4) is 0 Å². The lowest BCUT2D eigenvalue weighted by Gasteiger charge is -2.31. The van der Waals surface area contributed by atoms with Crippen molar-refractivity contribution in [2.45, 2.75) is 12.8 Å². The Morgan fingerprint density at radius 2 is 2.00 bits per heavy atom. The van der Waals surface area contributed by atoms with E-state index < -0.39 is 0 Å². The molecule has 1 aliphatic rings. The first kappa shape index (κ1) is 13.4. The molecule has 0 saturated heterocycles. The van der Waals surface area contributed by atoms with Gasteiger partial charge in [-0.2, -0.15) is 0 Å². The fraction of sp³-hybridized carbons (Fsp3) is 0.188. The maximum absolute atomic E-state index is 6.00. The van der Waals surface area contributed by atoms with Gasteiger partial charge in [0.05, 0.1) is 0 Å². The molecule has 1 N–H and O–H groups in total. The summed E-state index contributed by atoms with van der Waals surface area (Å²) in [5.41, 5.74) is 3.48. The summed E-state index contributed by atoms with van der Waals surface area (Å²) in [4.78, 5) is 2.16. The first-order chi connectivity index (χ1) is 9.74. The molecule has 0 bridgehead atoms. The molecule has 0 aliphatic carbocycles. The van der Waals surface area contributed by atoms with E-state index in [0.29, 0.717) is 5.02 Å². The molecule has 2 aromatic rings. The normalized spacial score (nSPS) is 13.8. The molecular weight excluding hydrogens is 288 g/mol. The number of aryl methyl sites for hydroxylation is 1. The predicted molar refractivity (Wildman–Crippen MR) is 89.8 cm³/mol. The van der Waals surface area contributed by atoms with Gasteiger partial charge >= 0.3 is 0 Å². The summed E-state index contributed by atoms with van der Waals surface area (Å²) in [5.74, 6) is 0. The number of anilines is 2. The zero-order chi connectivity index (χ0) is 13.9. The van der Waals surface area contributed by atoms with E-state index in [1.165, 1.54) is 11.3 Å². The molecule has 0 amide bonds. The Hall–Kier alpha value is -1.58. The second-order valence-electron chi connectivity index (χ2n) is 4.82. The van der Waals surface area contributed by atoms with Gasteiger partial charge in [-0.15, -0.1) is 0 Å². The number of hydrogen-bond acceptors (Lipinski definition) is 1. The third kappa shape index (κ3) is 2.79. The lowest BCUT2D eigenvalue weighted by atomic mass is 10.0. The summed E-state index contributed by atoms with van der Waals surface area (Å²) >= 11 is 11.5. The van der Waals surface area contributed by atoms with E-state index in [4.69, 9.17) is 23.8 Å². The van der Waals surface area contributed by atoms with Gasteiger partial charge in [-0.05, 0) is 54.9 Å². The number of nitrogens with zero attached hydrogens (tertiary/aromatic N) is 1. The summed E-state index contributed by atoms with van der Waals surface area (Å²) in [6.45, 7) is 0.948. The minimum atomic E-state index is 0.705. The molecule has 2 nitrogen and oxygen atoms in total. The highest BCUT2D eigenvalue weighted by Crippen LogP contribution is 2.27. The van der Waals surface area contributed by atoms with E-state index >= 15 is 0 Å². The van der Waals surface area contributed by atoms with Crippen molar-refractivity contribution in [3.63, 3.8) is 0 Å². The van der Waals surface area contributed by atoms with Gasteiger partial charge in [-0.3, -0.25) is 0 Å². The molecule has 102 valence electrons. The van der Waals surface area contributed by atoms with Crippen molar-refractivity contribution in [2.75, 3.05) is 16.8 Å². The lowest BCUT2D eigenvalue weighted by Crippen LogP contribution is -2.38. The van der Waals surface area contributed by atoms with Crippen molar-refractivity contribution in [1.82, 2.24) is 0 Å². The van der Waals surface area contributed by atoms with E-state index in [1.807, 2.05) is 24.3 Å². The first-order valence-corrected chi connectivity index (χ1v) is 7.45. The van der Waals surface area contributed by atoms with Crippen LogP contribution in [0.15, 0.2) is 48.5 Å². The van der Waals surface area contributed by atoms with Gasteiger partial charge in [-0.1, -0.05) is 35.9 Å². The van der Waals surface area contributed by atoms with Crippen molar-refractivity contribution in [2.24, 2.45) is 0 Å². The number of para-hydroxylation sites is 1. The van der Waals surface area contributed by atoms with Gasteiger partial charge in [-0.25, -0.2) is 0 Å². The van der Waals surface area contributed by atoms with Crippen LogP contribution in [0.25, 0.3) is 0 Å². The molecule has 0 unspecified atom stereocenters. The standard InChI is InChI=1S/C16H15ClN2S/c17-13-7-3-8-14(11-13)18-16(20)19-10-4-6-12-5-1-2-9-15(12)19/h1-3,5,7-9,11H,4,6,10H2,(H,18,20). The quantitative estimate of drug-likeness (QED) is 0.781. The minimum absolute atomic E-state index is 0.705. The predicted octanol–water partition coefficient (Wildman–Crippen LogP) is 4.49. The summed E-state index contributed by atoms with van der Waals surface area (Å²) in [6.07, 6.45) is 2.24. The SMILES string of the molecule is S=C(Nc1cccc(Cl)c1)N1CCCc2ccccc21. The molecule has 3 rings (SSSR count). The second kappa shape index (κ2) is 5.81. The summed E-state index contributed by atoms with van der Waals surface area (Å²) in [5, 5.41) is 4.69. The molecule has 0 saturated carbocycles. The van der Waals surface area contributed by atoms with Crippen molar-refractivity contribution >= 4 is 40.3 Å².